The number of nitrogens with zero attached hydrogens (tertiary/aromatic N) is 1. The Morgan fingerprint density at radius 2 is 1.44 bits per heavy atom. The SMILES string of the molecule is CC(CC(C)N(C(C)C)C(C)C)C(N)CCCN. The van der Waals surface area contributed by atoms with Crippen molar-refractivity contribution in [3.05, 3.63) is 0 Å². The fourth-order valence-electron chi connectivity index (χ4n) is 3.09. The average Bonchev–Trinajstić information content (AvgIpc) is 2.24. The first-order valence-electron chi connectivity index (χ1n) is 7.54. The van der Waals surface area contributed by atoms with Crippen LogP contribution in [0.2, 0.25) is 0 Å². The third kappa shape index (κ3) is 6.17. The molecular weight excluding hydrogens is 222 g/mol. The summed E-state index contributed by atoms with van der Waals surface area (Å²) in [6.07, 6.45) is 3.26. The molecule has 0 aromatic carbocycles. The molecule has 0 fully saturated rings. The quantitative estimate of drug-likeness (QED) is 0.667. The Kier molecular flexibility index (Phi) is 8.83. The molecule has 0 bridgehead atoms. The summed E-state index contributed by atoms with van der Waals surface area (Å²) in [5, 5.41) is 0. The Bertz CT molecular complexity index is 196. The molecule has 0 saturated carbocycles. The highest BCUT2D eigenvalue weighted by molar-refractivity contribution is 4.79. The summed E-state index contributed by atoms with van der Waals surface area (Å²) < 4.78 is 0. The molecule has 18 heavy (non-hydrogen) atoms. The zero-order valence-electron chi connectivity index (χ0n) is 13.3. The van der Waals surface area contributed by atoms with Crippen molar-refractivity contribution in [3.8, 4) is 0 Å². The van der Waals surface area contributed by atoms with E-state index in [1.165, 1.54) is 6.42 Å². The average molecular weight is 257 g/mol. The Labute approximate surface area is 114 Å². The standard InChI is InChI=1S/C15H35N3/c1-11(2)18(12(3)4)14(6)10-13(5)15(17)8-7-9-16/h11-15H,7-10,16-17H2,1-6H3. The topological polar surface area (TPSA) is 55.3 Å². The molecule has 3 heteroatoms. The van der Waals surface area contributed by atoms with Crippen molar-refractivity contribution in [2.24, 2.45) is 17.4 Å². The largest absolute Gasteiger partial charge is 0.330 e. The maximum atomic E-state index is 6.23. The first-order chi connectivity index (χ1) is 8.31. The van der Waals surface area contributed by atoms with Crippen molar-refractivity contribution in [1.82, 2.24) is 4.90 Å². The van der Waals surface area contributed by atoms with E-state index >= 15 is 0 Å². The molecule has 0 aliphatic heterocycles. The van der Waals surface area contributed by atoms with Gasteiger partial charge in [-0.15, -0.1) is 0 Å². The van der Waals surface area contributed by atoms with Crippen LogP contribution in [-0.4, -0.2) is 35.6 Å². The van der Waals surface area contributed by atoms with E-state index in [1.54, 1.807) is 0 Å². The lowest BCUT2D eigenvalue weighted by atomic mass is 9.91. The highest BCUT2D eigenvalue weighted by Gasteiger charge is 2.23. The van der Waals surface area contributed by atoms with Gasteiger partial charge in [0.15, 0.2) is 0 Å². The fraction of sp³-hybridized carbons (Fsp3) is 1.00. The van der Waals surface area contributed by atoms with E-state index in [-0.39, 0.29) is 6.04 Å². The lowest BCUT2D eigenvalue weighted by Crippen LogP contribution is -2.45. The van der Waals surface area contributed by atoms with Gasteiger partial charge in [-0.25, -0.2) is 0 Å². The van der Waals surface area contributed by atoms with E-state index in [4.69, 9.17) is 11.5 Å². The first-order valence-corrected chi connectivity index (χ1v) is 7.54. The number of nitrogens with two attached hydrogens (primary N) is 2. The van der Waals surface area contributed by atoms with Crippen LogP contribution in [0.5, 0.6) is 0 Å². The molecule has 110 valence electrons. The molecule has 0 radical (unpaired) electrons. The third-order valence-corrected chi connectivity index (χ3v) is 3.89. The van der Waals surface area contributed by atoms with Crippen LogP contribution in [0.1, 0.15) is 60.8 Å². The molecule has 0 spiro atoms. The van der Waals surface area contributed by atoms with Crippen molar-refractivity contribution in [2.45, 2.75) is 85.0 Å². The van der Waals surface area contributed by atoms with Crippen LogP contribution in [0.4, 0.5) is 0 Å². The van der Waals surface area contributed by atoms with Crippen molar-refractivity contribution < 1.29 is 0 Å². The summed E-state index contributed by atoms with van der Waals surface area (Å²) in [7, 11) is 0. The maximum Gasteiger partial charge on any atom is 0.00754 e. The molecule has 0 saturated heterocycles. The van der Waals surface area contributed by atoms with Crippen molar-refractivity contribution in [2.75, 3.05) is 6.54 Å². The van der Waals surface area contributed by atoms with Crippen LogP contribution in [-0.2, 0) is 0 Å². The minimum absolute atomic E-state index is 0.289. The molecule has 0 aromatic heterocycles. The minimum Gasteiger partial charge on any atom is -0.330 e. The van der Waals surface area contributed by atoms with Crippen LogP contribution in [0, 0.1) is 5.92 Å². The van der Waals surface area contributed by atoms with Crippen LogP contribution in [0.15, 0.2) is 0 Å². The molecule has 0 aliphatic carbocycles. The third-order valence-electron chi connectivity index (χ3n) is 3.89. The summed E-state index contributed by atoms with van der Waals surface area (Å²) in [6.45, 7) is 14.4. The first kappa shape index (κ1) is 17.9. The van der Waals surface area contributed by atoms with Crippen LogP contribution < -0.4 is 11.5 Å². The van der Waals surface area contributed by atoms with Gasteiger partial charge < -0.3 is 11.5 Å². The summed E-state index contributed by atoms with van der Waals surface area (Å²) >= 11 is 0. The molecule has 0 aliphatic rings. The minimum atomic E-state index is 0.289. The second-order valence-electron chi connectivity index (χ2n) is 6.29. The predicted octanol–water partition coefficient (Wildman–Crippen LogP) is 2.59. The Morgan fingerprint density at radius 1 is 0.944 bits per heavy atom. The fourth-order valence-corrected chi connectivity index (χ4v) is 3.09. The molecule has 0 amide bonds. The van der Waals surface area contributed by atoms with Crippen molar-refractivity contribution in [1.29, 1.82) is 0 Å². The Morgan fingerprint density at radius 3 is 1.83 bits per heavy atom. The van der Waals surface area contributed by atoms with Gasteiger partial charge in [-0.3, -0.25) is 4.90 Å². The van der Waals surface area contributed by atoms with Gasteiger partial charge in [-0.1, -0.05) is 6.92 Å². The monoisotopic (exact) mass is 257 g/mol. The highest BCUT2D eigenvalue weighted by atomic mass is 15.2. The van der Waals surface area contributed by atoms with Gasteiger partial charge in [0.25, 0.3) is 0 Å². The summed E-state index contributed by atoms with van der Waals surface area (Å²) in [6, 6.07) is 2.06. The molecule has 0 heterocycles. The predicted molar refractivity (Wildman–Crippen MR) is 81.6 cm³/mol. The van der Waals surface area contributed by atoms with E-state index in [0.29, 0.717) is 24.0 Å². The van der Waals surface area contributed by atoms with E-state index in [0.717, 1.165) is 19.4 Å². The number of rotatable bonds is 9. The molecule has 0 aromatic rings. The molecule has 3 nitrogen and oxygen atoms in total. The molecular formula is C15H35N3. The van der Waals surface area contributed by atoms with Gasteiger partial charge in [0.1, 0.15) is 0 Å². The second-order valence-corrected chi connectivity index (χ2v) is 6.29. The van der Waals surface area contributed by atoms with E-state index in [9.17, 15) is 0 Å². The molecule has 3 unspecified atom stereocenters. The zero-order chi connectivity index (χ0) is 14.3. The van der Waals surface area contributed by atoms with E-state index in [2.05, 4.69) is 46.4 Å². The molecule has 4 N–H and O–H groups in total. The molecule has 0 rings (SSSR count). The van der Waals surface area contributed by atoms with Crippen molar-refractivity contribution in [3.63, 3.8) is 0 Å². The van der Waals surface area contributed by atoms with E-state index in [1.807, 2.05) is 0 Å². The maximum absolute atomic E-state index is 6.23. The summed E-state index contributed by atoms with van der Waals surface area (Å²) in [4.78, 5) is 2.58. The smallest absolute Gasteiger partial charge is 0.00754 e. The van der Waals surface area contributed by atoms with Gasteiger partial charge in [0.2, 0.25) is 0 Å². The second kappa shape index (κ2) is 8.89. The lowest BCUT2D eigenvalue weighted by Gasteiger charge is -2.38. The normalized spacial score (nSPS) is 17.5. The summed E-state index contributed by atoms with van der Waals surface area (Å²) in [5.74, 6) is 0.562. The van der Waals surface area contributed by atoms with Crippen LogP contribution >= 0.6 is 0 Å². The van der Waals surface area contributed by atoms with Gasteiger partial charge >= 0.3 is 0 Å². The van der Waals surface area contributed by atoms with Crippen LogP contribution in [0.3, 0.4) is 0 Å². The van der Waals surface area contributed by atoms with Gasteiger partial charge in [0.05, 0.1) is 0 Å². The highest BCUT2D eigenvalue weighted by Crippen LogP contribution is 2.20. The summed E-state index contributed by atoms with van der Waals surface area (Å²) in [5.41, 5.74) is 11.8. The molecule has 3 atom stereocenters. The van der Waals surface area contributed by atoms with Crippen molar-refractivity contribution >= 4 is 0 Å². The van der Waals surface area contributed by atoms with Gasteiger partial charge in [0, 0.05) is 24.2 Å². The van der Waals surface area contributed by atoms with E-state index < -0.39 is 0 Å². The van der Waals surface area contributed by atoms with Gasteiger partial charge in [-0.2, -0.15) is 0 Å². The lowest BCUT2D eigenvalue weighted by molar-refractivity contribution is 0.103. The van der Waals surface area contributed by atoms with Gasteiger partial charge in [-0.05, 0) is 66.3 Å². The number of hydrogen-bond acceptors (Lipinski definition) is 3. The number of hydrogen-bond donors (Lipinski definition) is 2. The Balaban J connectivity index is 4.30. The zero-order valence-corrected chi connectivity index (χ0v) is 13.3. The Hall–Kier alpha value is -0.120. The van der Waals surface area contributed by atoms with Crippen LogP contribution in [0.25, 0.3) is 0 Å².